The van der Waals surface area contributed by atoms with Gasteiger partial charge in [0, 0.05) is 34.8 Å². The van der Waals surface area contributed by atoms with Crippen LogP contribution >= 0.6 is 15.9 Å². The smallest absolute Gasteiger partial charge is 0.251 e. The van der Waals surface area contributed by atoms with E-state index in [4.69, 9.17) is 0 Å². The highest BCUT2D eigenvalue weighted by Crippen LogP contribution is 2.15. The molecule has 0 aliphatic rings. The summed E-state index contributed by atoms with van der Waals surface area (Å²) in [4.78, 5) is 23.9. The SMILES string of the molecule is O=C(CNC(=O)c1cccc(Br)c1)NCCCn1ccc2ccccc21. The molecule has 0 radical (unpaired) electrons. The lowest BCUT2D eigenvalue weighted by atomic mass is 10.2. The van der Waals surface area contributed by atoms with Crippen molar-refractivity contribution in [3.8, 4) is 0 Å². The van der Waals surface area contributed by atoms with E-state index in [1.54, 1.807) is 18.2 Å². The molecule has 3 aromatic rings. The maximum absolute atomic E-state index is 12.0. The molecule has 0 aliphatic carbocycles. The summed E-state index contributed by atoms with van der Waals surface area (Å²) in [6.07, 6.45) is 2.88. The van der Waals surface area contributed by atoms with Crippen molar-refractivity contribution >= 4 is 38.6 Å². The average Bonchev–Trinajstić information content (AvgIpc) is 3.06. The second kappa shape index (κ2) is 8.67. The van der Waals surface area contributed by atoms with Crippen LogP contribution < -0.4 is 10.6 Å². The third-order valence-electron chi connectivity index (χ3n) is 4.07. The fourth-order valence-corrected chi connectivity index (χ4v) is 3.17. The summed E-state index contributed by atoms with van der Waals surface area (Å²) in [6, 6.07) is 17.4. The fraction of sp³-hybridized carbons (Fsp3) is 0.200. The fourth-order valence-electron chi connectivity index (χ4n) is 2.77. The lowest BCUT2D eigenvalue weighted by Crippen LogP contribution is -2.37. The van der Waals surface area contributed by atoms with Gasteiger partial charge in [-0.3, -0.25) is 9.59 Å². The molecule has 0 aliphatic heterocycles. The zero-order valence-electron chi connectivity index (χ0n) is 14.2. The second-order valence-electron chi connectivity index (χ2n) is 5.96. The van der Waals surface area contributed by atoms with Crippen molar-refractivity contribution in [3.63, 3.8) is 0 Å². The molecule has 2 amide bonds. The van der Waals surface area contributed by atoms with Crippen LogP contribution in [0, 0.1) is 0 Å². The van der Waals surface area contributed by atoms with Crippen LogP contribution in [0.1, 0.15) is 16.8 Å². The molecule has 0 saturated heterocycles. The quantitative estimate of drug-likeness (QED) is 0.583. The third kappa shape index (κ3) is 4.73. The Hall–Kier alpha value is -2.60. The van der Waals surface area contributed by atoms with Gasteiger partial charge in [0.1, 0.15) is 0 Å². The Bertz CT molecular complexity index is 920. The first kappa shape index (κ1) is 18.2. The molecule has 0 bridgehead atoms. The number of nitrogens with zero attached hydrogens (tertiary/aromatic N) is 1. The first-order valence-corrected chi connectivity index (χ1v) is 9.27. The largest absolute Gasteiger partial charge is 0.355 e. The first-order chi connectivity index (χ1) is 12.6. The van der Waals surface area contributed by atoms with Gasteiger partial charge >= 0.3 is 0 Å². The summed E-state index contributed by atoms with van der Waals surface area (Å²) >= 11 is 3.32. The summed E-state index contributed by atoms with van der Waals surface area (Å²) in [7, 11) is 0. The zero-order valence-corrected chi connectivity index (χ0v) is 15.8. The van der Waals surface area contributed by atoms with E-state index < -0.39 is 0 Å². The number of amides is 2. The number of aromatic nitrogens is 1. The van der Waals surface area contributed by atoms with Crippen LogP contribution in [0.5, 0.6) is 0 Å². The number of benzene rings is 2. The summed E-state index contributed by atoms with van der Waals surface area (Å²) < 4.78 is 3.00. The van der Waals surface area contributed by atoms with Crippen molar-refractivity contribution in [3.05, 3.63) is 70.8 Å². The molecule has 26 heavy (non-hydrogen) atoms. The Kier molecular flexibility index (Phi) is 6.07. The number of carbonyl (C=O) groups excluding carboxylic acids is 2. The lowest BCUT2D eigenvalue weighted by Gasteiger charge is -2.08. The third-order valence-corrected chi connectivity index (χ3v) is 4.57. The first-order valence-electron chi connectivity index (χ1n) is 8.48. The van der Waals surface area contributed by atoms with Crippen molar-refractivity contribution in [2.45, 2.75) is 13.0 Å². The van der Waals surface area contributed by atoms with Gasteiger partial charge in [-0.1, -0.05) is 40.2 Å². The number of fused-ring (bicyclic) bond motifs is 1. The van der Waals surface area contributed by atoms with Gasteiger partial charge in [0.2, 0.25) is 5.91 Å². The molecule has 1 aromatic heterocycles. The van der Waals surface area contributed by atoms with E-state index in [1.807, 2.05) is 18.2 Å². The highest BCUT2D eigenvalue weighted by Gasteiger charge is 2.08. The van der Waals surface area contributed by atoms with E-state index in [1.165, 1.54) is 10.9 Å². The molecular weight excluding hydrogens is 394 g/mol. The van der Waals surface area contributed by atoms with Gasteiger partial charge in [-0.05, 0) is 42.1 Å². The molecule has 1 heterocycles. The molecular formula is C20H20BrN3O2. The number of hydrogen-bond donors (Lipinski definition) is 2. The van der Waals surface area contributed by atoms with Crippen LogP contribution in [-0.4, -0.2) is 29.5 Å². The van der Waals surface area contributed by atoms with Gasteiger partial charge in [0.15, 0.2) is 0 Å². The van der Waals surface area contributed by atoms with Gasteiger partial charge in [-0.25, -0.2) is 0 Å². The van der Waals surface area contributed by atoms with Crippen LogP contribution in [0.3, 0.4) is 0 Å². The molecule has 2 aromatic carbocycles. The number of halogens is 1. The molecule has 0 saturated carbocycles. The van der Waals surface area contributed by atoms with E-state index in [0.717, 1.165) is 17.4 Å². The predicted molar refractivity (Wildman–Crippen MR) is 106 cm³/mol. The maximum Gasteiger partial charge on any atom is 0.251 e. The Balaban J connectivity index is 1.38. The van der Waals surface area contributed by atoms with E-state index in [9.17, 15) is 9.59 Å². The minimum absolute atomic E-state index is 0.0300. The number of rotatable bonds is 7. The van der Waals surface area contributed by atoms with Crippen molar-refractivity contribution in [2.24, 2.45) is 0 Å². The number of nitrogens with one attached hydrogen (secondary N) is 2. The standard InChI is InChI=1S/C20H20BrN3O2/c21-17-7-3-6-16(13-17)20(26)23-14-19(25)22-10-4-11-24-12-9-15-5-1-2-8-18(15)24/h1-3,5-9,12-13H,4,10-11,14H2,(H,22,25)(H,23,26). The minimum Gasteiger partial charge on any atom is -0.355 e. The molecule has 2 N–H and O–H groups in total. The van der Waals surface area contributed by atoms with Crippen LogP contribution in [0.15, 0.2) is 65.3 Å². The van der Waals surface area contributed by atoms with Crippen molar-refractivity contribution in [1.82, 2.24) is 15.2 Å². The van der Waals surface area contributed by atoms with Gasteiger partial charge in [-0.2, -0.15) is 0 Å². The van der Waals surface area contributed by atoms with Crippen LogP contribution in [0.25, 0.3) is 10.9 Å². The predicted octanol–water partition coefficient (Wildman–Crippen LogP) is 3.34. The summed E-state index contributed by atoms with van der Waals surface area (Å²) in [6.45, 7) is 1.37. The van der Waals surface area contributed by atoms with E-state index in [2.05, 4.69) is 55.5 Å². The molecule has 0 unspecified atom stereocenters. The Morgan fingerprint density at radius 2 is 1.85 bits per heavy atom. The molecule has 0 atom stereocenters. The molecule has 134 valence electrons. The minimum atomic E-state index is -0.264. The highest BCUT2D eigenvalue weighted by molar-refractivity contribution is 9.10. The van der Waals surface area contributed by atoms with Crippen molar-refractivity contribution in [1.29, 1.82) is 0 Å². The zero-order chi connectivity index (χ0) is 18.4. The average molecular weight is 414 g/mol. The van der Waals surface area contributed by atoms with E-state index >= 15 is 0 Å². The van der Waals surface area contributed by atoms with Gasteiger partial charge in [0.05, 0.1) is 6.54 Å². The molecule has 5 nitrogen and oxygen atoms in total. The molecule has 0 spiro atoms. The van der Waals surface area contributed by atoms with E-state index in [0.29, 0.717) is 12.1 Å². The Labute approximate surface area is 160 Å². The Morgan fingerprint density at radius 3 is 2.69 bits per heavy atom. The van der Waals surface area contributed by atoms with Crippen LogP contribution in [-0.2, 0) is 11.3 Å². The summed E-state index contributed by atoms with van der Waals surface area (Å²) in [5.41, 5.74) is 1.71. The maximum atomic E-state index is 12.0. The monoisotopic (exact) mass is 413 g/mol. The van der Waals surface area contributed by atoms with Gasteiger partial charge in [-0.15, -0.1) is 0 Å². The van der Waals surface area contributed by atoms with Crippen molar-refractivity contribution < 1.29 is 9.59 Å². The number of para-hydroxylation sites is 1. The normalized spacial score (nSPS) is 10.7. The van der Waals surface area contributed by atoms with E-state index in [-0.39, 0.29) is 18.4 Å². The molecule has 0 fully saturated rings. The lowest BCUT2D eigenvalue weighted by molar-refractivity contribution is -0.120. The summed E-state index contributed by atoms with van der Waals surface area (Å²) in [5, 5.41) is 6.68. The van der Waals surface area contributed by atoms with Gasteiger partial charge < -0.3 is 15.2 Å². The van der Waals surface area contributed by atoms with Crippen molar-refractivity contribution in [2.75, 3.05) is 13.1 Å². The van der Waals surface area contributed by atoms with Gasteiger partial charge in [0.25, 0.3) is 5.91 Å². The number of hydrogen-bond acceptors (Lipinski definition) is 2. The Morgan fingerprint density at radius 1 is 1.00 bits per heavy atom. The second-order valence-corrected chi connectivity index (χ2v) is 6.88. The highest BCUT2D eigenvalue weighted by atomic mass is 79.9. The topological polar surface area (TPSA) is 63.1 Å². The number of aryl methyl sites for hydroxylation is 1. The van der Waals surface area contributed by atoms with Crippen LogP contribution in [0.2, 0.25) is 0 Å². The summed E-state index contributed by atoms with van der Waals surface area (Å²) in [5.74, 6) is -0.453. The number of carbonyl (C=O) groups is 2. The molecule has 6 heteroatoms. The molecule has 3 rings (SSSR count). The van der Waals surface area contributed by atoms with Crippen LogP contribution in [0.4, 0.5) is 0 Å².